The maximum atomic E-state index is 12.4. The van der Waals surface area contributed by atoms with E-state index in [4.69, 9.17) is 9.47 Å². The van der Waals surface area contributed by atoms with Crippen LogP contribution < -0.4 is 14.8 Å². The number of non-ortho nitro benzene ring substituents is 1. The molecule has 0 aliphatic heterocycles. The summed E-state index contributed by atoms with van der Waals surface area (Å²) in [6.45, 7) is 7.99. The van der Waals surface area contributed by atoms with Crippen LogP contribution in [0.25, 0.3) is 0 Å². The summed E-state index contributed by atoms with van der Waals surface area (Å²) in [6, 6.07) is 11.6. The minimum Gasteiger partial charge on any atom is -0.494 e. The van der Waals surface area contributed by atoms with Crippen LogP contribution in [-0.4, -0.2) is 24.0 Å². The molecule has 0 radical (unpaired) electrons. The third-order valence-corrected chi connectivity index (χ3v) is 4.06. The monoisotopic (exact) mass is 372 g/mol. The second-order valence-corrected chi connectivity index (χ2v) is 7.17. The van der Waals surface area contributed by atoms with Crippen molar-refractivity contribution in [2.45, 2.75) is 39.2 Å². The average Bonchev–Trinajstić information content (AvgIpc) is 2.61. The van der Waals surface area contributed by atoms with Crippen LogP contribution in [0.5, 0.6) is 11.5 Å². The first-order valence-electron chi connectivity index (χ1n) is 8.52. The molecule has 0 aromatic heterocycles. The molecule has 0 fully saturated rings. The number of carbonyl (C=O) groups is 1. The summed E-state index contributed by atoms with van der Waals surface area (Å²) in [5.41, 5.74) is 1.43. The number of hydrogen-bond donors (Lipinski definition) is 1. The van der Waals surface area contributed by atoms with Gasteiger partial charge < -0.3 is 14.8 Å². The molecule has 7 nitrogen and oxygen atoms in total. The van der Waals surface area contributed by atoms with Gasteiger partial charge in [-0.1, -0.05) is 32.9 Å². The van der Waals surface area contributed by atoms with Crippen molar-refractivity contribution in [2.75, 3.05) is 12.4 Å². The second kappa shape index (κ2) is 8.07. The Morgan fingerprint density at radius 3 is 2.30 bits per heavy atom. The lowest BCUT2D eigenvalue weighted by molar-refractivity contribution is -0.384. The fraction of sp³-hybridized carbons (Fsp3) is 0.350. The van der Waals surface area contributed by atoms with E-state index in [1.54, 1.807) is 6.92 Å². The molecule has 0 heterocycles. The predicted octanol–water partition coefficient (Wildman–Crippen LogP) is 4.31. The number of carbonyl (C=O) groups excluding carboxylic acids is 1. The minimum absolute atomic E-state index is 0.0357. The number of nitro benzene ring substituents is 1. The van der Waals surface area contributed by atoms with Crippen molar-refractivity contribution in [1.82, 2.24) is 0 Å². The number of benzene rings is 2. The highest BCUT2D eigenvalue weighted by Gasteiger charge is 2.19. The molecule has 0 unspecified atom stereocenters. The quantitative estimate of drug-likeness (QED) is 0.603. The first-order chi connectivity index (χ1) is 12.6. The molecule has 2 aromatic carbocycles. The first-order valence-corrected chi connectivity index (χ1v) is 8.52. The molecule has 0 bridgehead atoms. The Morgan fingerprint density at radius 2 is 1.78 bits per heavy atom. The Labute approximate surface area is 158 Å². The summed E-state index contributed by atoms with van der Waals surface area (Å²) in [7, 11) is 1.38. The number of amides is 1. The number of ether oxygens (including phenoxy) is 2. The number of anilines is 1. The van der Waals surface area contributed by atoms with Gasteiger partial charge in [0.25, 0.3) is 11.6 Å². The Kier molecular flexibility index (Phi) is 6.05. The van der Waals surface area contributed by atoms with Crippen LogP contribution in [0.3, 0.4) is 0 Å². The van der Waals surface area contributed by atoms with Crippen molar-refractivity contribution in [1.29, 1.82) is 0 Å². The normalized spacial score (nSPS) is 12.2. The number of hydrogen-bond acceptors (Lipinski definition) is 5. The SMILES string of the molecule is COc1cc([N+](=O)[O-])ccc1NC(=O)[C@H](C)Oc1ccc(C(C)(C)C)cc1. The zero-order chi connectivity index (χ0) is 20.2. The van der Waals surface area contributed by atoms with E-state index >= 15 is 0 Å². The van der Waals surface area contributed by atoms with Crippen molar-refractivity contribution >= 4 is 17.3 Å². The molecule has 27 heavy (non-hydrogen) atoms. The van der Waals surface area contributed by atoms with Crippen molar-refractivity contribution in [3.63, 3.8) is 0 Å². The van der Waals surface area contributed by atoms with Gasteiger partial charge in [-0.2, -0.15) is 0 Å². The molecule has 0 aliphatic carbocycles. The van der Waals surface area contributed by atoms with Gasteiger partial charge in [-0.3, -0.25) is 14.9 Å². The Bertz CT molecular complexity index is 825. The molecule has 1 atom stereocenters. The van der Waals surface area contributed by atoms with Gasteiger partial charge in [0.15, 0.2) is 6.10 Å². The predicted molar refractivity (Wildman–Crippen MR) is 104 cm³/mol. The Hall–Kier alpha value is -3.09. The number of nitrogens with zero attached hydrogens (tertiary/aromatic N) is 1. The molecule has 7 heteroatoms. The van der Waals surface area contributed by atoms with Crippen molar-refractivity contribution in [3.05, 3.63) is 58.1 Å². The van der Waals surface area contributed by atoms with Crippen LogP contribution in [0.1, 0.15) is 33.3 Å². The third kappa shape index (κ3) is 5.20. The Morgan fingerprint density at radius 1 is 1.15 bits per heavy atom. The van der Waals surface area contributed by atoms with Gasteiger partial charge in [-0.05, 0) is 36.1 Å². The summed E-state index contributed by atoms with van der Waals surface area (Å²) < 4.78 is 10.8. The van der Waals surface area contributed by atoms with Gasteiger partial charge in [-0.15, -0.1) is 0 Å². The molecule has 0 spiro atoms. The largest absolute Gasteiger partial charge is 0.494 e. The minimum atomic E-state index is -0.759. The number of nitro groups is 1. The lowest BCUT2D eigenvalue weighted by atomic mass is 9.87. The van der Waals surface area contributed by atoms with Gasteiger partial charge in [0.2, 0.25) is 0 Å². The standard InChI is InChI=1S/C20H24N2O5/c1-13(27-16-9-6-14(7-10-16)20(2,3)4)19(23)21-17-11-8-15(22(24)25)12-18(17)26-5/h6-13H,1-5H3,(H,21,23)/t13-/m0/s1. The average molecular weight is 372 g/mol. The summed E-state index contributed by atoms with van der Waals surface area (Å²) in [5, 5.41) is 13.5. The van der Waals surface area contributed by atoms with Gasteiger partial charge in [0, 0.05) is 6.07 Å². The highest BCUT2D eigenvalue weighted by molar-refractivity contribution is 5.95. The smallest absolute Gasteiger partial charge is 0.273 e. The van der Waals surface area contributed by atoms with Gasteiger partial charge in [0.1, 0.15) is 11.5 Å². The maximum Gasteiger partial charge on any atom is 0.273 e. The molecule has 1 N–H and O–H groups in total. The van der Waals surface area contributed by atoms with E-state index in [-0.39, 0.29) is 22.8 Å². The van der Waals surface area contributed by atoms with Crippen LogP contribution in [0.4, 0.5) is 11.4 Å². The Balaban J connectivity index is 2.06. The van der Waals surface area contributed by atoms with E-state index in [2.05, 4.69) is 26.1 Å². The first kappa shape index (κ1) is 20.2. The highest BCUT2D eigenvalue weighted by atomic mass is 16.6. The van der Waals surface area contributed by atoms with Crippen molar-refractivity contribution in [3.8, 4) is 11.5 Å². The molecule has 144 valence electrons. The zero-order valence-electron chi connectivity index (χ0n) is 16.1. The molecular formula is C20H24N2O5. The summed E-state index contributed by atoms with van der Waals surface area (Å²) >= 11 is 0. The molecule has 0 saturated carbocycles. The van der Waals surface area contributed by atoms with E-state index in [0.29, 0.717) is 11.4 Å². The lowest BCUT2D eigenvalue weighted by Crippen LogP contribution is -2.30. The molecule has 0 aliphatic rings. The van der Waals surface area contributed by atoms with Crippen molar-refractivity contribution < 1.29 is 19.2 Å². The molecule has 2 rings (SSSR count). The van der Waals surface area contributed by atoms with Crippen LogP contribution >= 0.6 is 0 Å². The van der Waals surface area contributed by atoms with E-state index in [1.165, 1.54) is 30.9 Å². The number of rotatable bonds is 6. The third-order valence-electron chi connectivity index (χ3n) is 4.06. The number of nitrogens with one attached hydrogen (secondary N) is 1. The van der Waals surface area contributed by atoms with Gasteiger partial charge >= 0.3 is 0 Å². The van der Waals surface area contributed by atoms with Crippen LogP contribution in [0, 0.1) is 10.1 Å². The van der Waals surface area contributed by atoms with E-state index in [9.17, 15) is 14.9 Å². The van der Waals surface area contributed by atoms with Crippen LogP contribution in [-0.2, 0) is 10.2 Å². The van der Waals surface area contributed by atoms with Crippen LogP contribution in [0.15, 0.2) is 42.5 Å². The summed E-state index contributed by atoms with van der Waals surface area (Å²) in [6.07, 6.45) is -0.759. The maximum absolute atomic E-state index is 12.4. The van der Waals surface area contributed by atoms with Gasteiger partial charge in [-0.25, -0.2) is 0 Å². The summed E-state index contributed by atoms with van der Waals surface area (Å²) in [4.78, 5) is 22.7. The number of methoxy groups -OCH3 is 1. The van der Waals surface area contributed by atoms with E-state index in [0.717, 1.165) is 0 Å². The van der Waals surface area contributed by atoms with E-state index in [1.807, 2.05) is 24.3 Å². The van der Waals surface area contributed by atoms with Gasteiger partial charge in [0.05, 0.1) is 23.8 Å². The molecule has 2 aromatic rings. The second-order valence-electron chi connectivity index (χ2n) is 7.17. The molecular weight excluding hydrogens is 348 g/mol. The zero-order valence-corrected chi connectivity index (χ0v) is 16.1. The van der Waals surface area contributed by atoms with E-state index < -0.39 is 11.0 Å². The lowest BCUT2D eigenvalue weighted by Gasteiger charge is -2.20. The topological polar surface area (TPSA) is 90.7 Å². The van der Waals surface area contributed by atoms with Crippen molar-refractivity contribution in [2.24, 2.45) is 0 Å². The molecule has 0 saturated heterocycles. The summed E-state index contributed by atoms with van der Waals surface area (Å²) in [5.74, 6) is 0.405. The molecule has 1 amide bonds. The fourth-order valence-electron chi connectivity index (χ4n) is 2.42. The fourth-order valence-corrected chi connectivity index (χ4v) is 2.42. The van der Waals surface area contributed by atoms with Crippen LogP contribution in [0.2, 0.25) is 0 Å². The highest BCUT2D eigenvalue weighted by Crippen LogP contribution is 2.29.